The molecule has 0 saturated carbocycles. The Morgan fingerprint density at radius 2 is 2.26 bits per heavy atom. The van der Waals surface area contributed by atoms with Crippen LogP contribution in [0.5, 0.6) is 0 Å². The van der Waals surface area contributed by atoms with Crippen molar-refractivity contribution in [3.63, 3.8) is 0 Å². The van der Waals surface area contributed by atoms with Crippen molar-refractivity contribution >= 4 is 0 Å². The molecule has 3 heterocycles. The monoisotopic (exact) mass is 266 g/mol. The molecule has 2 bridgehead atoms. The number of ether oxygens (including phenoxy) is 2. The highest BCUT2D eigenvalue weighted by atomic mass is 16.6. The first-order valence-corrected chi connectivity index (χ1v) is 6.60. The Balaban J connectivity index is 2.04. The van der Waals surface area contributed by atoms with E-state index in [2.05, 4.69) is 18.8 Å². The van der Waals surface area contributed by atoms with Crippen molar-refractivity contribution in [2.45, 2.75) is 45.1 Å². The van der Waals surface area contributed by atoms with Gasteiger partial charge in [0, 0.05) is 17.7 Å². The molecule has 1 aromatic heterocycles. The fourth-order valence-electron chi connectivity index (χ4n) is 3.09. The molecular formula is C13H18N2O4. The van der Waals surface area contributed by atoms with Crippen molar-refractivity contribution in [1.82, 2.24) is 9.55 Å². The largest absolute Gasteiger partial charge is 0.370 e. The molecule has 1 N–H and O–H groups in total. The SMILES string of the molecule is CC[C@@]12COC([C@H](n3cc(C)c(=O)[nH]c3=O)O1)[C@H]2C. The van der Waals surface area contributed by atoms with Crippen LogP contribution in [0.4, 0.5) is 0 Å². The van der Waals surface area contributed by atoms with Crippen LogP contribution in [0.1, 0.15) is 32.1 Å². The van der Waals surface area contributed by atoms with E-state index >= 15 is 0 Å². The van der Waals surface area contributed by atoms with Crippen molar-refractivity contribution in [3.8, 4) is 0 Å². The van der Waals surface area contributed by atoms with Crippen LogP contribution in [0.25, 0.3) is 0 Å². The van der Waals surface area contributed by atoms with Crippen molar-refractivity contribution in [2.75, 3.05) is 6.61 Å². The normalized spacial score (nSPS) is 36.9. The van der Waals surface area contributed by atoms with Gasteiger partial charge >= 0.3 is 5.69 Å². The van der Waals surface area contributed by atoms with E-state index in [-0.39, 0.29) is 23.2 Å². The third-order valence-electron chi connectivity index (χ3n) is 4.50. The summed E-state index contributed by atoms with van der Waals surface area (Å²) in [6, 6.07) is 0. The molecule has 1 unspecified atom stereocenters. The van der Waals surface area contributed by atoms with Gasteiger partial charge in [0.2, 0.25) is 0 Å². The number of fused-ring (bicyclic) bond motifs is 2. The molecule has 6 nitrogen and oxygen atoms in total. The standard InChI is InChI=1S/C13H18N2O4/c1-4-13-6-18-9(8(13)3)11(19-13)15-5-7(2)10(16)14-12(15)17/h5,8-9,11H,4,6H2,1-3H3,(H,14,16,17)/t8-,9?,11-,13+/m1/s1. The van der Waals surface area contributed by atoms with Crippen LogP contribution < -0.4 is 11.2 Å². The quantitative estimate of drug-likeness (QED) is 0.848. The lowest BCUT2D eigenvalue weighted by Crippen LogP contribution is -2.41. The van der Waals surface area contributed by atoms with Crippen LogP contribution in [0.15, 0.2) is 15.8 Å². The van der Waals surface area contributed by atoms with E-state index in [1.807, 2.05) is 0 Å². The molecule has 0 radical (unpaired) electrons. The van der Waals surface area contributed by atoms with Gasteiger partial charge in [-0.1, -0.05) is 13.8 Å². The van der Waals surface area contributed by atoms with E-state index in [1.165, 1.54) is 4.57 Å². The smallest absolute Gasteiger partial charge is 0.330 e. The second-order valence-corrected chi connectivity index (χ2v) is 5.47. The summed E-state index contributed by atoms with van der Waals surface area (Å²) in [4.78, 5) is 25.6. The summed E-state index contributed by atoms with van der Waals surface area (Å²) in [6.45, 7) is 6.39. The molecule has 0 amide bonds. The van der Waals surface area contributed by atoms with Crippen LogP contribution in [-0.4, -0.2) is 27.9 Å². The number of aromatic amines is 1. The van der Waals surface area contributed by atoms with E-state index in [0.717, 1.165) is 6.42 Å². The second-order valence-electron chi connectivity index (χ2n) is 5.47. The number of rotatable bonds is 2. The zero-order chi connectivity index (χ0) is 13.8. The Morgan fingerprint density at radius 3 is 2.89 bits per heavy atom. The molecular weight excluding hydrogens is 248 g/mol. The molecule has 19 heavy (non-hydrogen) atoms. The molecule has 4 atom stereocenters. The van der Waals surface area contributed by atoms with Crippen LogP contribution in [-0.2, 0) is 9.47 Å². The number of hydrogen-bond acceptors (Lipinski definition) is 4. The van der Waals surface area contributed by atoms with Gasteiger partial charge in [-0.15, -0.1) is 0 Å². The third-order valence-corrected chi connectivity index (χ3v) is 4.50. The average Bonchev–Trinajstić information content (AvgIpc) is 2.85. The molecule has 2 saturated heterocycles. The fourth-order valence-corrected chi connectivity index (χ4v) is 3.09. The molecule has 2 aliphatic heterocycles. The Hall–Kier alpha value is -1.40. The molecule has 0 aliphatic carbocycles. The number of aryl methyl sites for hydroxylation is 1. The Bertz CT molecular complexity index is 620. The summed E-state index contributed by atoms with van der Waals surface area (Å²) in [5.74, 6) is 0.238. The van der Waals surface area contributed by atoms with Crippen molar-refractivity contribution in [3.05, 3.63) is 32.6 Å². The lowest BCUT2D eigenvalue weighted by Gasteiger charge is -2.31. The summed E-state index contributed by atoms with van der Waals surface area (Å²) < 4.78 is 13.3. The predicted molar refractivity (Wildman–Crippen MR) is 68.1 cm³/mol. The number of aromatic nitrogens is 2. The van der Waals surface area contributed by atoms with Gasteiger partial charge in [0.1, 0.15) is 6.10 Å². The maximum atomic E-state index is 11.9. The van der Waals surface area contributed by atoms with Crippen LogP contribution >= 0.6 is 0 Å². The van der Waals surface area contributed by atoms with Gasteiger partial charge in [-0.2, -0.15) is 0 Å². The van der Waals surface area contributed by atoms with Crippen molar-refractivity contribution in [2.24, 2.45) is 5.92 Å². The van der Waals surface area contributed by atoms with Crippen LogP contribution in [0, 0.1) is 12.8 Å². The molecule has 2 aliphatic rings. The molecule has 2 fully saturated rings. The molecule has 104 valence electrons. The van der Waals surface area contributed by atoms with Gasteiger partial charge in [-0.3, -0.25) is 14.3 Å². The van der Waals surface area contributed by atoms with Gasteiger partial charge < -0.3 is 9.47 Å². The van der Waals surface area contributed by atoms with E-state index in [1.54, 1.807) is 13.1 Å². The molecule has 1 aromatic rings. The minimum Gasteiger partial charge on any atom is -0.370 e. The number of nitrogens with one attached hydrogen (secondary N) is 1. The van der Waals surface area contributed by atoms with Gasteiger partial charge in [-0.25, -0.2) is 4.79 Å². The predicted octanol–water partition coefficient (Wildman–Crippen LogP) is 0.558. The average molecular weight is 266 g/mol. The fraction of sp³-hybridized carbons (Fsp3) is 0.692. The van der Waals surface area contributed by atoms with E-state index in [9.17, 15) is 9.59 Å². The van der Waals surface area contributed by atoms with E-state index in [4.69, 9.17) is 9.47 Å². The zero-order valence-electron chi connectivity index (χ0n) is 11.3. The number of nitrogens with zero attached hydrogens (tertiary/aromatic N) is 1. The summed E-state index contributed by atoms with van der Waals surface area (Å²) in [5, 5.41) is 0. The second kappa shape index (κ2) is 4.05. The lowest BCUT2D eigenvalue weighted by atomic mass is 9.88. The van der Waals surface area contributed by atoms with Gasteiger partial charge in [-0.05, 0) is 13.3 Å². The number of hydrogen-bond donors (Lipinski definition) is 1. The molecule has 3 rings (SSSR count). The van der Waals surface area contributed by atoms with E-state index in [0.29, 0.717) is 12.2 Å². The topological polar surface area (TPSA) is 73.3 Å². The first-order chi connectivity index (χ1) is 8.98. The summed E-state index contributed by atoms with van der Waals surface area (Å²) in [7, 11) is 0. The highest BCUT2D eigenvalue weighted by Crippen LogP contribution is 2.49. The van der Waals surface area contributed by atoms with Crippen molar-refractivity contribution in [1.29, 1.82) is 0 Å². The highest BCUT2D eigenvalue weighted by Gasteiger charge is 2.58. The van der Waals surface area contributed by atoms with Gasteiger partial charge in [0.05, 0.1) is 12.2 Å². The molecule has 6 heteroatoms. The number of H-pyrrole nitrogens is 1. The Labute approximate surface area is 110 Å². The zero-order valence-corrected chi connectivity index (χ0v) is 11.3. The summed E-state index contributed by atoms with van der Waals surface area (Å²) in [6.07, 6.45) is 1.80. The lowest BCUT2D eigenvalue weighted by molar-refractivity contribution is -0.174. The Morgan fingerprint density at radius 1 is 1.53 bits per heavy atom. The van der Waals surface area contributed by atoms with Gasteiger partial charge in [0.15, 0.2) is 6.23 Å². The molecule has 0 aromatic carbocycles. The first-order valence-electron chi connectivity index (χ1n) is 6.60. The van der Waals surface area contributed by atoms with Crippen molar-refractivity contribution < 1.29 is 9.47 Å². The maximum absolute atomic E-state index is 11.9. The third kappa shape index (κ3) is 1.63. The van der Waals surface area contributed by atoms with E-state index < -0.39 is 11.9 Å². The molecule has 0 spiro atoms. The van der Waals surface area contributed by atoms with Crippen LogP contribution in [0.2, 0.25) is 0 Å². The maximum Gasteiger partial charge on any atom is 0.330 e. The Kier molecular flexibility index (Phi) is 2.69. The summed E-state index contributed by atoms with van der Waals surface area (Å²) in [5.41, 5.74) is -0.623. The van der Waals surface area contributed by atoms with Gasteiger partial charge in [0.25, 0.3) is 5.56 Å². The minimum absolute atomic E-state index is 0.136. The first kappa shape index (κ1) is 12.6. The summed E-state index contributed by atoms with van der Waals surface area (Å²) >= 11 is 0. The minimum atomic E-state index is -0.452. The highest BCUT2D eigenvalue weighted by molar-refractivity contribution is 5.07. The van der Waals surface area contributed by atoms with Crippen LogP contribution in [0.3, 0.4) is 0 Å².